The molecule has 0 radical (unpaired) electrons. The van der Waals surface area contributed by atoms with Crippen LogP contribution < -0.4 is 5.32 Å². The van der Waals surface area contributed by atoms with Crippen molar-refractivity contribution in [1.29, 1.82) is 0 Å². The van der Waals surface area contributed by atoms with Crippen LogP contribution in [-0.2, 0) is 14.3 Å². The molecule has 24 heavy (non-hydrogen) atoms. The summed E-state index contributed by atoms with van der Waals surface area (Å²) in [6.07, 6.45) is 3.26. The smallest absolute Gasteiger partial charge is 0.316 e. The summed E-state index contributed by atoms with van der Waals surface area (Å²) in [5.41, 5.74) is 1.68. The number of nitrogens with one attached hydrogen (secondary N) is 1. The average molecular weight is 341 g/mol. The van der Waals surface area contributed by atoms with E-state index in [-0.39, 0.29) is 17.6 Å². The van der Waals surface area contributed by atoms with E-state index < -0.39 is 0 Å². The van der Waals surface area contributed by atoms with Gasteiger partial charge in [0.2, 0.25) is 5.91 Å². The molecule has 0 atom stereocenters. The van der Waals surface area contributed by atoms with Gasteiger partial charge in [0.25, 0.3) is 0 Å². The molecular weight excluding hydrogens is 322 g/mol. The molecule has 0 fully saturated rings. The number of carbonyl (C=O) groups is 2. The highest BCUT2D eigenvalue weighted by Crippen LogP contribution is 2.20. The zero-order chi connectivity index (χ0) is 17.2. The minimum atomic E-state index is -0.231. The van der Waals surface area contributed by atoms with Crippen LogP contribution in [0.1, 0.15) is 12.5 Å². The number of hydrogen-bond acceptors (Lipinski definition) is 4. The Bertz CT molecular complexity index is 696. The van der Waals surface area contributed by atoms with E-state index >= 15 is 0 Å². The normalized spacial score (nSPS) is 10.5. The van der Waals surface area contributed by atoms with Gasteiger partial charge in [-0.15, -0.1) is 11.8 Å². The van der Waals surface area contributed by atoms with Gasteiger partial charge in [-0.1, -0.05) is 30.3 Å². The third-order valence-electron chi connectivity index (χ3n) is 3.01. The molecule has 2 rings (SSSR count). The Balaban J connectivity index is 1.83. The first-order valence-electron chi connectivity index (χ1n) is 7.60. The molecule has 0 bridgehead atoms. The Hall–Kier alpha value is -2.53. The SMILES string of the molecule is CCOC(=O)CSc1ccc(NC(=O)/C=C/c2ccccc2)cc1. The van der Waals surface area contributed by atoms with Gasteiger partial charge in [-0.05, 0) is 42.8 Å². The van der Waals surface area contributed by atoms with E-state index in [1.165, 1.54) is 17.8 Å². The maximum Gasteiger partial charge on any atom is 0.316 e. The molecular formula is C19H19NO3S. The van der Waals surface area contributed by atoms with E-state index in [4.69, 9.17) is 4.74 Å². The monoisotopic (exact) mass is 341 g/mol. The summed E-state index contributed by atoms with van der Waals surface area (Å²) >= 11 is 1.40. The van der Waals surface area contributed by atoms with Gasteiger partial charge in [-0.2, -0.15) is 0 Å². The lowest BCUT2D eigenvalue weighted by Crippen LogP contribution is -2.07. The second kappa shape index (κ2) is 9.57. The van der Waals surface area contributed by atoms with Crippen LogP contribution in [0.25, 0.3) is 6.08 Å². The second-order valence-corrected chi connectivity index (χ2v) is 5.90. The highest BCUT2D eigenvalue weighted by molar-refractivity contribution is 8.00. The first kappa shape index (κ1) is 17.8. The number of amides is 1. The maximum atomic E-state index is 11.9. The molecule has 0 aliphatic carbocycles. The van der Waals surface area contributed by atoms with Crippen molar-refractivity contribution in [3.8, 4) is 0 Å². The Kier molecular flexibility index (Phi) is 7.11. The molecule has 1 N–H and O–H groups in total. The Morgan fingerprint density at radius 2 is 1.79 bits per heavy atom. The Morgan fingerprint density at radius 3 is 2.46 bits per heavy atom. The van der Waals surface area contributed by atoms with Crippen LogP contribution in [0.4, 0.5) is 5.69 Å². The van der Waals surface area contributed by atoms with Gasteiger partial charge in [-0.3, -0.25) is 9.59 Å². The van der Waals surface area contributed by atoms with E-state index in [0.717, 1.165) is 10.5 Å². The molecule has 0 aromatic heterocycles. The van der Waals surface area contributed by atoms with Crippen LogP contribution in [0.3, 0.4) is 0 Å². The number of ether oxygens (including phenoxy) is 1. The highest BCUT2D eigenvalue weighted by Gasteiger charge is 2.04. The Labute approximate surface area is 145 Å². The standard InChI is InChI=1S/C19H19NO3S/c1-2-23-19(22)14-24-17-11-9-16(10-12-17)20-18(21)13-8-15-6-4-3-5-7-15/h3-13H,2,14H2,1H3,(H,20,21)/b13-8+. The molecule has 1 amide bonds. The molecule has 0 aliphatic rings. The van der Waals surface area contributed by atoms with Crippen LogP contribution in [-0.4, -0.2) is 24.2 Å². The summed E-state index contributed by atoms with van der Waals surface area (Å²) in [5, 5.41) is 2.80. The van der Waals surface area contributed by atoms with Crippen molar-refractivity contribution < 1.29 is 14.3 Å². The van der Waals surface area contributed by atoms with Crippen LogP contribution >= 0.6 is 11.8 Å². The molecule has 4 nitrogen and oxygen atoms in total. The fourth-order valence-corrected chi connectivity index (χ4v) is 2.60. The van der Waals surface area contributed by atoms with E-state index in [9.17, 15) is 9.59 Å². The first-order chi connectivity index (χ1) is 11.7. The Morgan fingerprint density at radius 1 is 1.08 bits per heavy atom. The molecule has 0 aliphatic heterocycles. The topological polar surface area (TPSA) is 55.4 Å². The maximum absolute atomic E-state index is 11.9. The molecule has 5 heteroatoms. The third-order valence-corrected chi connectivity index (χ3v) is 4.00. The lowest BCUT2D eigenvalue weighted by molar-refractivity contribution is -0.139. The van der Waals surface area contributed by atoms with Crippen molar-refractivity contribution in [3.05, 3.63) is 66.2 Å². The molecule has 0 unspecified atom stereocenters. The fourth-order valence-electron chi connectivity index (χ4n) is 1.90. The molecule has 0 saturated heterocycles. The van der Waals surface area contributed by atoms with Crippen LogP contribution in [0.2, 0.25) is 0 Å². The lowest BCUT2D eigenvalue weighted by atomic mass is 10.2. The van der Waals surface area contributed by atoms with Crippen LogP contribution in [0.5, 0.6) is 0 Å². The van der Waals surface area contributed by atoms with Crippen molar-refractivity contribution in [3.63, 3.8) is 0 Å². The first-order valence-corrected chi connectivity index (χ1v) is 8.58. The summed E-state index contributed by atoms with van der Waals surface area (Å²) in [4.78, 5) is 24.1. The van der Waals surface area contributed by atoms with E-state index in [0.29, 0.717) is 12.3 Å². The van der Waals surface area contributed by atoms with Gasteiger partial charge in [0.1, 0.15) is 0 Å². The van der Waals surface area contributed by atoms with Gasteiger partial charge in [0.15, 0.2) is 0 Å². The summed E-state index contributed by atoms with van der Waals surface area (Å²) in [5.74, 6) is -0.143. The molecule has 2 aromatic carbocycles. The summed E-state index contributed by atoms with van der Waals surface area (Å²) in [6, 6.07) is 17.0. The van der Waals surface area contributed by atoms with Crippen LogP contribution in [0.15, 0.2) is 65.6 Å². The van der Waals surface area contributed by atoms with Crippen molar-refractivity contribution in [2.45, 2.75) is 11.8 Å². The van der Waals surface area contributed by atoms with Gasteiger partial charge in [0.05, 0.1) is 12.4 Å². The summed E-state index contributed by atoms with van der Waals surface area (Å²) in [6.45, 7) is 2.17. The van der Waals surface area contributed by atoms with Gasteiger partial charge < -0.3 is 10.1 Å². The largest absolute Gasteiger partial charge is 0.465 e. The molecule has 124 valence electrons. The lowest BCUT2D eigenvalue weighted by Gasteiger charge is -2.05. The number of esters is 1. The minimum Gasteiger partial charge on any atom is -0.465 e. The minimum absolute atomic E-state index is 0.189. The molecule has 2 aromatic rings. The number of carbonyl (C=O) groups excluding carboxylic acids is 2. The van der Waals surface area contributed by atoms with Crippen molar-refractivity contribution in [2.24, 2.45) is 0 Å². The summed E-state index contributed by atoms with van der Waals surface area (Å²) < 4.78 is 4.88. The summed E-state index contributed by atoms with van der Waals surface area (Å²) in [7, 11) is 0. The predicted octanol–water partition coefficient (Wildman–Crippen LogP) is 3.99. The van der Waals surface area contributed by atoms with Crippen LogP contribution in [0, 0.1) is 0 Å². The van der Waals surface area contributed by atoms with Gasteiger partial charge in [0, 0.05) is 16.7 Å². The van der Waals surface area contributed by atoms with E-state index in [2.05, 4.69) is 5.32 Å². The predicted molar refractivity (Wildman–Crippen MR) is 97.9 cm³/mol. The zero-order valence-electron chi connectivity index (χ0n) is 13.4. The fraction of sp³-hybridized carbons (Fsp3) is 0.158. The zero-order valence-corrected chi connectivity index (χ0v) is 14.2. The number of benzene rings is 2. The quantitative estimate of drug-likeness (QED) is 0.470. The average Bonchev–Trinajstić information content (AvgIpc) is 2.60. The molecule has 0 spiro atoms. The van der Waals surface area contributed by atoms with E-state index in [1.54, 1.807) is 13.0 Å². The highest BCUT2D eigenvalue weighted by atomic mass is 32.2. The second-order valence-electron chi connectivity index (χ2n) is 4.85. The number of rotatable bonds is 7. The van der Waals surface area contributed by atoms with Gasteiger partial charge in [-0.25, -0.2) is 0 Å². The van der Waals surface area contributed by atoms with Crippen molar-refractivity contribution >= 4 is 35.4 Å². The number of anilines is 1. The van der Waals surface area contributed by atoms with Crippen molar-refractivity contribution in [1.82, 2.24) is 0 Å². The third kappa shape index (κ3) is 6.30. The van der Waals surface area contributed by atoms with Gasteiger partial charge >= 0.3 is 5.97 Å². The number of thioether (sulfide) groups is 1. The molecule has 0 saturated carbocycles. The number of hydrogen-bond donors (Lipinski definition) is 1. The molecule has 0 heterocycles. The van der Waals surface area contributed by atoms with E-state index in [1.807, 2.05) is 54.6 Å². The van der Waals surface area contributed by atoms with Crippen molar-refractivity contribution in [2.75, 3.05) is 17.7 Å².